The van der Waals surface area contributed by atoms with Crippen molar-refractivity contribution < 1.29 is 9.53 Å². The molecule has 2 heterocycles. The number of amides is 1. The number of piperazine rings is 1. The van der Waals surface area contributed by atoms with Crippen molar-refractivity contribution in [2.45, 2.75) is 19.4 Å². The molecule has 1 atom stereocenters. The highest BCUT2D eigenvalue weighted by atomic mass is 16.5. The SMILES string of the molecule is CN=C(NCCCOC(C)c1ccccc1)N1CCN(c2cnn(C)c2)C(=O)C1. The van der Waals surface area contributed by atoms with E-state index in [1.165, 1.54) is 5.56 Å². The lowest BCUT2D eigenvalue weighted by molar-refractivity contribution is -0.120. The summed E-state index contributed by atoms with van der Waals surface area (Å²) in [5.41, 5.74) is 2.02. The van der Waals surface area contributed by atoms with Gasteiger partial charge in [0.05, 0.1) is 18.0 Å². The van der Waals surface area contributed by atoms with Crippen molar-refractivity contribution in [3.05, 3.63) is 48.3 Å². The van der Waals surface area contributed by atoms with E-state index >= 15 is 0 Å². The summed E-state index contributed by atoms with van der Waals surface area (Å²) in [6.45, 7) is 5.11. The molecule has 29 heavy (non-hydrogen) atoms. The number of aliphatic imine (C=N–C) groups is 1. The van der Waals surface area contributed by atoms with Crippen LogP contribution in [-0.4, -0.2) is 66.4 Å². The van der Waals surface area contributed by atoms with Gasteiger partial charge >= 0.3 is 0 Å². The normalized spacial score (nSPS) is 16.2. The van der Waals surface area contributed by atoms with Crippen LogP contribution in [0.2, 0.25) is 0 Å². The second-order valence-corrected chi connectivity index (χ2v) is 7.09. The van der Waals surface area contributed by atoms with E-state index in [0.29, 0.717) is 19.7 Å². The van der Waals surface area contributed by atoms with Gasteiger partial charge in [-0.3, -0.25) is 14.5 Å². The number of anilines is 1. The molecule has 1 aromatic heterocycles. The Morgan fingerprint density at radius 2 is 2.10 bits per heavy atom. The Bertz CT molecular complexity index is 820. The number of hydrogen-bond donors (Lipinski definition) is 1. The Kier molecular flexibility index (Phi) is 7.24. The van der Waals surface area contributed by atoms with E-state index in [1.807, 2.05) is 36.3 Å². The minimum Gasteiger partial charge on any atom is -0.374 e. The van der Waals surface area contributed by atoms with Crippen molar-refractivity contribution in [1.82, 2.24) is 20.0 Å². The number of nitrogens with one attached hydrogen (secondary N) is 1. The van der Waals surface area contributed by atoms with Crippen LogP contribution in [0, 0.1) is 0 Å². The van der Waals surface area contributed by atoms with Crippen LogP contribution in [0.1, 0.15) is 25.0 Å². The molecule has 2 aromatic rings. The molecule has 0 radical (unpaired) electrons. The van der Waals surface area contributed by atoms with E-state index in [4.69, 9.17) is 4.74 Å². The van der Waals surface area contributed by atoms with E-state index in [9.17, 15) is 4.79 Å². The smallest absolute Gasteiger partial charge is 0.246 e. The molecule has 1 aliphatic rings. The maximum Gasteiger partial charge on any atom is 0.246 e. The van der Waals surface area contributed by atoms with Gasteiger partial charge in [0.1, 0.15) is 6.54 Å². The number of guanidine groups is 1. The Labute approximate surface area is 172 Å². The molecule has 1 N–H and O–H groups in total. The highest BCUT2D eigenvalue weighted by Gasteiger charge is 2.27. The zero-order valence-corrected chi connectivity index (χ0v) is 17.4. The zero-order chi connectivity index (χ0) is 20.6. The quantitative estimate of drug-likeness (QED) is 0.437. The molecular formula is C21H30N6O2. The van der Waals surface area contributed by atoms with E-state index in [1.54, 1.807) is 22.8 Å². The van der Waals surface area contributed by atoms with Gasteiger partial charge in [-0.15, -0.1) is 0 Å². The fourth-order valence-corrected chi connectivity index (χ4v) is 3.36. The lowest BCUT2D eigenvalue weighted by Crippen LogP contribution is -2.55. The predicted octanol–water partition coefficient (Wildman–Crippen LogP) is 1.81. The summed E-state index contributed by atoms with van der Waals surface area (Å²) in [4.78, 5) is 20.7. The molecule has 1 saturated heterocycles. The van der Waals surface area contributed by atoms with Crippen LogP contribution in [0.4, 0.5) is 5.69 Å². The van der Waals surface area contributed by atoms with E-state index in [0.717, 1.165) is 31.2 Å². The first-order chi connectivity index (χ1) is 14.1. The molecule has 0 bridgehead atoms. The van der Waals surface area contributed by atoms with E-state index < -0.39 is 0 Å². The minimum absolute atomic E-state index is 0.0484. The Morgan fingerprint density at radius 3 is 2.76 bits per heavy atom. The lowest BCUT2D eigenvalue weighted by Gasteiger charge is -2.35. The monoisotopic (exact) mass is 398 g/mol. The summed E-state index contributed by atoms with van der Waals surface area (Å²) in [5, 5.41) is 7.49. The van der Waals surface area contributed by atoms with Gasteiger partial charge in [-0.05, 0) is 18.9 Å². The number of nitrogens with zero attached hydrogens (tertiary/aromatic N) is 5. The summed E-state index contributed by atoms with van der Waals surface area (Å²) in [7, 11) is 3.59. The number of aromatic nitrogens is 2. The van der Waals surface area contributed by atoms with Crippen molar-refractivity contribution in [3.8, 4) is 0 Å². The van der Waals surface area contributed by atoms with Crippen molar-refractivity contribution in [3.63, 3.8) is 0 Å². The number of hydrogen-bond acceptors (Lipinski definition) is 4. The number of rotatable bonds is 7. The summed E-state index contributed by atoms with van der Waals surface area (Å²) in [6, 6.07) is 10.2. The third-order valence-corrected chi connectivity index (χ3v) is 4.98. The van der Waals surface area contributed by atoms with Crippen LogP contribution >= 0.6 is 0 Å². The minimum atomic E-state index is 0.0484. The molecule has 8 nitrogen and oxygen atoms in total. The molecule has 3 rings (SSSR count). The average Bonchev–Trinajstić information content (AvgIpc) is 3.17. The first-order valence-corrected chi connectivity index (χ1v) is 9.99. The van der Waals surface area contributed by atoms with Crippen LogP contribution in [-0.2, 0) is 16.6 Å². The van der Waals surface area contributed by atoms with Crippen molar-refractivity contribution >= 4 is 17.6 Å². The third kappa shape index (κ3) is 5.57. The molecule has 1 unspecified atom stereocenters. The lowest BCUT2D eigenvalue weighted by atomic mass is 10.1. The molecule has 0 aliphatic carbocycles. The van der Waals surface area contributed by atoms with Crippen molar-refractivity contribution in [2.75, 3.05) is 44.7 Å². The molecule has 156 valence electrons. The van der Waals surface area contributed by atoms with Gasteiger partial charge in [-0.25, -0.2) is 0 Å². The molecule has 1 fully saturated rings. The van der Waals surface area contributed by atoms with Crippen molar-refractivity contribution in [2.24, 2.45) is 12.0 Å². The van der Waals surface area contributed by atoms with E-state index in [-0.39, 0.29) is 12.0 Å². The standard InChI is InChI=1S/C21H30N6O2/c1-17(18-8-5-4-6-9-18)29-13-7-10-23-21(22-2)26-11-12-27(20(28)16-26)19-14-24-25(3)15-19/h4-6,8-9,14-15,17H,7,10-13,16H2,1-3H3,(H,22,23). The molecule has 1 aromatic carbocycles. The Morgan fingerprint density at radius 1 is 1.31 bits per heavy atom. The van der Waals surface area contributed by atoms with Gasteiger partial charge < -0.3 is 19.9 Å². The fraction of sp³-hybridized carbons (Fsp3) is 0.476. The van der Waals surface area contributed by atoms with E-state index in [2.05, 4.69) is 34.5 Å². The number of carbonyl (C=O) groups is 1. The highest BCUT2D eigenvalue weighted by Crippen LogP contribution is 2.17. The average molecular weight is 399 g/mol. The summed E-state index contributed by atoms with van der Waals surface area (Å²) >= 11 is 0. The third-order valence-electron chi connectivity index (χ3n) is 4.98. The van der Waals surface area contributed by atoms with Gasteiger partial charge in [0.15, 0.2) is 5.96 Å². The van der Waals surface area contributed by atoms with Gasteiger partial charge in [-0.2, -0.15) is 5.10 Å². The van der Waals surface area contributed by atoms with Gasteiger partial charge in [0, 0.05) is 46.5 Å². The van der Waals surface area contributed by atoms with Crippen molar-refractivity contribution in [1.29, 1.82) is 0 Å². The summed E-state index contributed by atoms with van der Waals surface area (Å²) < 4.78 is 7.61. The first-order valence-electron chi connectivity index (χ1n) is 9.99. The van der Waals surface area contributed by atoms with Crippen LogP contribution in [0.5, 0.6) is 0 Å². The van der Waals surface area contributed by atoms with Gasteiger partial charge in [0.25, 0.3) is 0 Å². The van der Waals surface area contributed by atoms with Gasteiger partial charge in [0.2, 0.25) is 5.91 Å². The van der Waals surface area contributed by atoms with Crippen LogP contribution in [0.15, 0.2) is 47.7 Å². The largest absolute Gasteiger partial charge is 0.374 e. The highest BCUT2D eigenvalue weighted by molar-refractivity contribution is 5.98. The number of carbonyl (C=O) groups excluding carboxylic acids is 1. The molecule has 0 spiro atoms. The van der Waals surface area contributed by atoms with Gasteiger partial charge in [-0.1, -0.05) is 30.3 Å². The number of aryl methyl sites for hydroxylation is 1. The topological polar surface area (TPSA) is 75.0 Å². The van der Waals surface area contributed by atoms with Crippen LogP contribution in [0.25, 0.3) is 0 Å². The molecule has 1 aliphatic heterocycles. The maximum atomic E-state index is 12.6. The van der Waals surface area contributed by atoms with Crippen LogP contribution < -0.4 is 10.2 Å². The molecular weight excluding hydrogens is 368 g/mol. The fourth-order valence-electron chi connectivity index (χ4n) is 3.36. The zero-order valence-electron chi connectivity index (χ0n) is 17.4. The summed E-state index contributed by atoms with van der Waals surface area (Å²) in [6.07, 6.45) is 4.52. The Balaban J connectivity index is 1.40. The predicted molar refractivity (Wildman–Crippen MR) is 114 cm³/mol. The second kappa shape index (κ2) is 10.1. The summed E-state index contributed by atoms with van der Waals surface area (Å²) in [5.74, 6) is 0.799. The second-order valence-electron chi connectivity index (χ2n) is 7.09. The van der Waals surface area contributed by atoms with Crippen LogP contribution in [0.3, 0.4) is 0 Å². The first kappa shape index (κ1) is 20.9. The molecule has 8 heteroatoms. The Hall–Kier alpha value is -2.87. The maximum absolute atomic E-state index is 12.6. The molecule has 0 saturated carbocycles. The number of benzene rings is 1. The number of ether oxygens (including phenoxy) is 1. The molecule has 1 amide bonds.